The summed E-state index contributed by atoms with van der Waals surface area (Å²) in [5.41, 5.74) is 14.7. The van der Waals surface area contributed by atoms with Crippen LogP contribution in [0.3, 0.4) is 0 Å². The molecule has 0 amide bonds. The van der Waals surface area contributed by atoms with Crippen LogP contribution >= 0.6 is 11.3 Å². The zero-order valence-corrected chi connectivity index (χ0v) is 32.3. The van der Waals surface area contributed by atoms with E-state index in [-0.39, 0.29) is 0 Å². The molecule has 0 atom stereocenters. The van der Waals surface area contributed by atoms with E-state index in [1.807, 2.05) is 23.5 Å². The summed E-state index contributed by atoms with van der Waals surface area (Å²) >= 11 is 1.87. The average molecular weight is 758 g/mol. The third kappa shape index (κ3) is 4.84. The minimum Gasteiger partial charge on any atom is -0.456 e. The van der Waals surface area contributed by atoms with E-state index in [1.54, 1.807) is 0 Å². The normalized spacial score (nSPS) is 13.0. The summed E-state index contributed by atoms with van der Waals surface area (Å²) in [4.78, 5) is 2.47. The lowest BCUT2D eigenvalue weighted by atomic mass is 9.68. The maximum Gasteiger partial charge on any atom is 0.135 e. The Morgan fingerprint density at radius 1 is 0.397 bits per heavy atom. The molecule has 0 saturated carbocycles. The number of benzene rings is 9. The van der Waals surface area contributed by atoms with Crippen molar-refractivity contribution in [3.63, 3.8) is 0 Å². The minimum atomic E-state index is -0.459. The Labute approximate surface area is 340 Å². The topological polar surface area (TPSA) is 16.4 Å². The van der Waals surface area contributed by atoms with E-state index in [1.165, 1.54) is 53.6 Å². The highest BCUT2D eigenvalue weighted by Crippen LogP contribution is 2.57. The van der Waals surface area contributed by atoms with Crippen LogP contribution in [0.25, 0.3) is 64.4 Å². The van der Waals surface area contributed by atoms with E-state index >= 15 is 0 Å². The molecule has 0 radical (unpaired) electrons. The molecule has 0 aliphatic heterocycles. The molecule has 11 aromatic rings. The van der Waals surface area contributed by atoms with Gasteiger partial charge in [0.25, 0.3) is 0 Å². The molecule has 0 bridgehead atoms. The highest BCUT2D eigenvalue weighted by Gasteiger charge is 2.46. The standard InChI is InChI=1S/C55H35NOS/c1-3-16-38(17-4-1)55(39-18-5-2-6-19-39)48-25-10-7-21-42(48)46-35-41(30-31-49(46)55)56(50-26-14-24-45-44-23-9-12-28-53(44)58-54(45)50)40-20-13-15-36(33-40)37-29-32-52-47(34-37)43-22-8-11-27-51(43)57-52/h1-35H. The summed E-state index contributed by atoms with van der Waals surface area (Å²) in [6.45, 7) is 0. The zero-order valence-electron chi connectivity index (χ0n) is 31.5. The number of hydrogen-bond acceptors (Lipinski definition) is 3. The van der Waals surface area contributed by atoms with Gasteiger partial charge in [0.05, 0.1) is 15.8 Å². The molecule has 0 unspecified atom stereocenters. The molecule has 0 spiro atoms. The first-order valence-electron chi connectivity index (χ1n) is 19.8. The van der Waals surface area contributed by atoms with Gasteiger partial charge in [0.15, 0.2) is 0 Å². The van der Waals surface area contributed by atoms with Gasteiger partial charge in [-0.3, -0.25) is 0 Å². The fraction of sp³-hybridized carbons (Fsp3) is 0.0182. The molecule has 0 saturated heterocycles. The van der Waals surface area contributed by atoms with Crippen molar-refractivity contribution in [2.45, 2.75) is 5.41 Å². The zero-order chi connectivity index (χ0) is 38.2. The van der Waals surface area contributed by atoms with Gasteiger partial charge in [0, 0.05) is 37.6 Å². The monoisotopic (exact) mass is 757 g/mol. The van der Waals surface area contributed by atoms with Gasteiger partial charge >= 0.3 is 0 Å². The Bertz CT molecular complexity index is 3320. The molecular weight excluding hydrogens is 723 g/mol. The molecule has 2 aromatic heterocycles. The predicted molar refractivity (Wildman–Crippen MR) is 244 cm³/mol. The number of para-hydroxylation sites is 1. The number of rotatable bonds is 6. The molecule has 1 aliphatic rings. The van der Waals surface area contributed by atoms with Gasteiger partial charge in [-0.15, -0.1) is 11.3 Å². The molecule has 9 aromatic carbocycles. The second-order valence-corrected chi connectivity index (χ2v) is 16.3. The number of anilines is 3. The third-order valence-corrected chi connectivity index (χ3v) is 13.3. The fourth-order valence-corrected chi connectivity index (χ4v) is 10.8. The number of furan rings is 1. The van der Waals surface area contributed by atoms with Gasteiger partial charge in [-0.05, 0) is 99.1 Å². The third-order valence-electron chi connectivity index (χ3n) is 12.1. The largest absolute Gasteiger partial charge is 0.456 e. The maximum absolute atomic E-state index is 6.21. The van der Waals surface area contributed by atoms with Crippen LogP contribution in [0.4, 0.5) is 17.1 Å². The van der Waals surface area contributed by atoms with Crippen molar-refractivity contribution < 1.29 is 4.42 Å². The van der Waals surface area contributed by atoms with Crippen LogP contribution in [0.1, 0.15) is 22.3 Å². The summed E-state index contributed by atoms with van der Waals surface area (Å²) in [5, 5.41) is 4.82. The highest BCUT2D eigenvalue weighted by molar-refractivity contribution is 7.26. The Morgan fingerprint density at radius 2 is 1.03 bits per heavy atom. The summed E-state index contributed by atoms with van der Waals surface area (Å²) in [5.74, 6) is 0. The van der Waals surface area contributed by atoms with Crippen molar-refractivity contribution in [3.8, 4) is 22.3 Å². The summed E-state index contributed by atoms with van der Waals surface area (Å²) in [7, 11) is 0. The Balaban J connectivity index is 1.10. The molecule has 58 heavy (non-hydrogen) atoms. The van der Waals surface area contributed by atoms with Gasteiger partial charge in [-0.25, -0.2) is 0 Å². The van der Waals surface area contributed by atoms with Gasteiger partial charge in [0.2, 0.25) is 0 Å². The molecule has 1 aliphatic carbocycles. The molecule has 2 heterocycles. The lowest BCUT2D eigenvalue weighted by molar-refractivity contribution is 0.669. The fourth-order valence-electron chi connectivity index (χ4n) is 9.64. The van der Waals surface area contributed by atoms with Crippen molar-refractivity contribution in [2.24, 2.45) is 0 Å². The summed E-state index contributed by atoms with van der Waals surface area (Å²) in [6, 6.07) is 77.6. The van der Waals surface area contributed by atoms with Crippen molar-refractivity contribution in [3.05, 3.63) is 235 Å². The van der Waals surface area contributed by atoms with Crippen LogP contribution in [-0.2, 0) is 5.41 Å². The lowest BCUT2D eigenvalue weighted by Gasteiger charge is -2.34. The molecular formula is C55H35NOS. The van der Waals surface area contributed by atoms with Gasteiger partial charge < -0.3 is 9.32 Å². The van der Waals surface area contributed by atoms with Crippen molar-refractivity contribution >= 4 is 70.5 Å². The van der Waals surface area contributed by atoms with E-state index in [0.717, 1.165) is 50.1 Å². The van der Waals surface area contributed by atoms with Crippen molar-refractivity contribution in [1.82, 2.24) is 0 Å². The molecule has 0 N–H and O–H groups in total. The van der Waals surface area contributed by atoms with Crippen LogP contribution in [-0.4, -0.2) is 0 Å². The summed E-state index contributed by atoms with van der Waals surface area (Å²) < 4.78 is 8.77. The van der Waals surface area contributed by atoms with Crippen LogP contribution in [0.2, 0.25) is 0 Å². The lowest BCUT2D eigenvalue weighted by Crippen LogP contribution is -2.28. The van der Waals surface area contributed by atoms with E-state index in [2.05, 4.69) is 205 Å². The van der Waals surface area contributed by atoms with E-state index < -0.39 is 5.41 Å². The van der Waals surface area contributed by atoms with Crippen LogP contribution in [0.15, 0.2) is 217 Å². The average Bonchev–Trinajstić information content (AvgIpc) is 3.96. The van der Waals surface area contributed by atoms with Gasteiger partial charge in [-0.1, -0.05) is 158 Å². The molecule has 12 rings (SSSR count). The van der Waals surface area contributed by atoms with Gasteiger partial charge in [-0.2, -0.15) is 0 Å². The van der Waals surface area contributed by atoms with E-state index in [9.17, 15) is 0 Å². The van der Waals surface area contributed by atoms with Crippen LogP contribution < -0.4 is 4.90 Å². The van der Waals surface area contributed by atoms with Gasteiger partial charge in [0.1, 0.15) is 11.2 Å². The first-order valence-corrected chi connectivity index (χ1v) is 20.6. The molecule has 272 valence electrons. The number of nitrogens with zero attached hydrogens (tertiary/aromatic N) is 1. The summed E-state index contributed by atoms with van der Waals surface area (Å²) in [6.07, 6.45) is 0. The Morgan fingerprint density at radius 3 is 1.88 bits per heavy atom. The first-order chi connectivity index (χ1) is 28.8. The number of thiophene rings is 1. The smallest absolute Gasteiger partial charge is 0.135 e. The minimum absolute atomic E-state index is 0.459. The van der Waals surface area contributed by atoms with Crippen molar-refractivity contribution in [2.75, 3.05) is 4.90 Å². The SMILES string of the molecule is c1ccc(C2(c3ccccc3)c3ccccc3-c3cc(N(c4cccc(-c5ccc6oc7ccccc7c6c5)c4)c4cccc5c4sc4ccccc45)ccc32)cc1. The molecule has 3 heteroatoms. The quantitative estimate of drug-likeness (QED) is 0.168. The van der Waals surface area contributed by atoms with Crippen molar-refractivity contribution in [1.29, 1.82) is 0 Å². The number of hydrogen-bond donors (Lipinski definition) is 0. The Hall–Kier alpha value is -7.20. The van der Waals surface area contributed by atoms with Crippen LogP contribution in [0, 0.1) is 0 Å². The first kappa shape index (κ1) is 33.0. The number of fused-ring (bicyclic) bond motifs is 9. The van der Waals surface area contributed by atoms with E-state index in [4.69, 9.17) is 4.42 Å². The van der Waals surface area contributed by atoms with Crippen LogP contribution in [0.5, 0.6) is 0 Å². The molecule has 2 nitrogen and oxygen atoms in total. The predicted octanol–water partition coefficient (Wildman–Crippen LogP) is 15.5. The maximum atomic E-state index is 6.21. The second kappa shape index (κ2) is 12.9. The second-order valence-electron chi connectivity index (χ2n) is 15.2. The molecule has 0 fully saturated rings. The van der Waals surface area contributed by atoms with E-state index in [0.29, 0.717) is 0 Å². The highest BCUT2D eigenvalue weighted by atomic mass is 32.1. The Kier molecular flexibility index (Phi) is 7.35.